The maximum Gasteiger partial charge on any atom is 0.335 e. The summed E-state index contributed by atoms with van der Waals surface area (Å²) >= 11 is 6.63. The lowest BCUT2D eigenvalue weighted by Gasteiger charge is -2.10. The van der Waals surface area contributed by atoms with Gasteiger partial charge in [0.05, 0.1) is 16.8 Å². The van der Waals surface area contributed by atoms with Gasteiger partial charge in [0.2, 0.25) is 0 Å². The Hall–Kier alpha value is -1.66. The summed E-state index contributed by atoms with van der Waals surface area (Å²) in [4.78, 5) is 23.3. The van der Waals surface area contributed by atoms with Gasteiger partial charge in [0.25, 0.3) is 5.91 Å². The molecule has 0 saturated heterocycles. The van der Waals surface area contributed by atoms with Crippen LogP contribution in [-0.4, -0.2) is 17.0 Å². The molecule has 2 aromatic carbocycles. The van der Waals surface area contributed by atoms with Crippen molar-refractivity contribution in [1.82, 2.24) is 0 Å². The number of halogens is 2. The number of anilines is 1. The monoisotopic (exact) mass is 411 g/mol. The van der Waals surface area contributed by atoms with Crippen molar-refractivity contribution in [3.63, 3.8) is 0 Å². The molecule has 0 atom stereocenters. The molecule has 1 amide bonds. The van der Waals surface area contributed by atoms with Gasteiger partial charge < -0.3 is 10.4 Å². The minimum atomic E-state index is -1.05. The first kappa shape index (κ1) is 15.7. The first-order valence-corrected chi connectivity index (χ1v) is 7.57. The number of aromatic carboxylic acids is 1. The summed E-state index contributed by atoms with van der Waals surface area (Å²) in [6.07, 6.45) is 0. The lowest BCUT2D eigenvalue weighted by Crippen LogP contribution is -2.13. The van der Waals surface area contributed by atoms with E-state index in [1.165, 1.54) is 12.1 Å². The Bertz CT molecular complexity index is 729. The number of rotatable bonds is 3. The number of carbonyl (C=O) groups is 2. The zero-order valence-electron chi connectivity index (χ0n) is 11.0. The fraction of sp³-hybridized carbons (Fsp3) is 0.0667. The number of carbonyl (C=O) groups excluding carboxylic acids is 1. The van der Waals surface area contributed by atoms with Crippen molar-refractivity contribution in [1.29, 1.82) is 0 Å². The highest BCUT2D eigenvalue weighted by molar-refractivity contribution is 9.11. The fourth-order valence-corrected chi connectivity index (χ4v) is 2.53. The standard InChI is InChI=1S/C15H11Br2NO3/c1-8-2-4-11(16)10(6-8)14(19)18-13-7-9(15(20)21)3-5-12(13)17/h2-7H,1H3,(H,18,19)(H,20,21). The van der Waals surface area contributed by atoms with Gasteiger partial charge in [0, 0.05) is 8.95 Å². The van der Waals surface area contributed by atoms with E-state index >= 15 is 0 Å². The highest BCUT2D eigenvalue weighted by Crippen LogP contribution is 2.26. The van der Waals surface area contributed by atoms with E-state index in [9.17, 15) is 9.59 Å². The van der Waals surface area contributed by atoms with Gasteiger partial charge >= 0.3 is 5.97 Å². The zero-order valence-corrected chi connectivity index (χ0v) is 14.2. The Morgan fingerprint density at radius 2 is 1.71 bits per heavy atom. The molecule has 0 bridgehead atoms. The van der Waals surface area contributed by atoms with E-state index in [0.717, 1.165) is 5.56 Å². The summed E-state index contributed by atoms with van der Waals surface area (Å²) in [5.41, 5.74) is 1.97. The van der Waals surface area contributed by atoms with Crippen molar-refractivity contribution in [2.75, 3.05) is 5.32 Å². The minimum Gasteiger partial charge on any atom is -0.478 e. The van der Waals surface area contributed by atoms with Crippen molar-refractivity contribution < 1.29 is 14.7 Å². The normalized spacial score (nSPS) is 10.2. The van der Waals surface area contributed by atoms with E-state index in [1.54, 1.807) is 18.2 Å². The van der Waals surface area contributed by atoms with Crippen LogP contribution in [0.3, 0.4) is 0 Å². The van der Waals surface area contributed by atoms with E-state index in [1.807, 2.05) is 13.0 Å². The van der Waals surface area contributed by atoms with Gasteiger partial charge in [-0.1, -0.05) is 11.6 Å². The zero-order chi connectivity index (χ0) is 15.6. The lowest BCUT2D eigenvalue weighted by atomic mass is 10.1. The van der Waals surface area contributed by atoms with Crippen LogP contribution in [0.4, 0.5) is 5.69 Å². The molecule has 0 aliphatic carbocycles. The van der Waals surface area contributed by atoms with E-state index < -0.39 is 5.97 Å². The first-order chi connectivity index (χ1) is 9.88. The third kappa shape index (κ3) is 3.71. The summed E-state index contributed by atoms with van der Waals surface area (Å²) in [5.74, 6) is -1.36. The average molecular weight is 413 g/mol. The second kappa shape index (κ2) is 6.41. The summed E-state index contributed by atoms with van der Waals surface area (Å²) < 4.78 is 1.29. The third-order valence-electron chi connectivity index (χ3n) is 2.83. The van der Waals surface area contributed by atoms with Crippen molar-refractivity contribution in [2.24, 2.45) is 0 Å². The largest absolute Gasteiger partial charge is 0.478 e. The van der Waals surface area contributed by atoms with Crippen LogP contribution in [0.2, 0.25) is 0 Å². The Labute approximate surface area is 138 Å². The SMILES string of the molecule is Cc1ccc(Br)c(C(=O)Nc2cc(C(=O)O)ccc2Br)c1. The topological polar surface area (TPSA) is 66.4 Å². The van der Waals surface area contributed by atoms with E-state index in [-0.39, 0.29) is 11.5 Å². The van der Waals surface area contributed by atoms with Gasteiger partial charge in [-0.15, -0.1) is 0 Å². The van der Waals surface area contributed by atoms with Gasteiger partial charge in [-0.05, 0) is 69.1 Å². The summed E-state index contributed by atoms with van der Waals surface area (Å²) in [7, 11) is 0. The quantitative estimate of drug-likeness (QED) is 0.781. The number of nitrogens with one attached hydrogen (secondary N) is 1. The third-order valence-corrected chi connectivity index (χ3v) is 4.21. The van der Waals surface area contributed by atoms with Gasteiger partial charge in [-0.2, -0.15) is 0 Å². The van der Waals surface area contributed by atoms with Crippen molar-refractivity contribution in [2.45, 2.75) is 6.92 Å². The number of carboxylic acids is 1. The molecule has 21 heavy (non-hydrogen) atoms. The first-order valence-electron chi connectivity index (χ1n) is 5.99. The van der Waals surface area contributed by atoms with Crippen LogP contribution in [-0.2, 0) is 0 Å². The van der Waals surface area contributed by atoms with Crippen LogP contribution < -0.4 is 5.32 Å². The molecule has 0 aromatic heterocycles. The van der Waals surface area contributed by atoms with E-state index in [2.05, 4.69) is 37.2 Å². The number of hydrogen-bond acceptors (Lipinski definition) is 2. The minimum absolute atomic E-state index is 0.108. The van der Waals surface area contributed by atoms with E-state index in [0.29, 0.717) is 20.2 Å². The van der Waals surface area contributed by atoms with Gasteiger partial charge in [0.15, 0.2) is 0 Å². The molecule has 0 fully saturated rings. The van der Waals surface area contributed by atoms with Crippen LogP contribution in [0.1, 0.15) is 26.3 Å². The molecule has 2 aromatic rings. The molecular formula is C15H11Br2NO3. The summed E-state index contributed by atoms with van der Waals surface area (Å²) in [5, 5.41) is 11.7. The maximum absolute atomic E-state index is 12.3. The molecule has 2 rings (SSSR count). The second-order valence-corrected chi connectivity index (χ2v) is 6.15. The molecule has 0 spiro atoms. The summed E-state index contributed by atoms with van der Waals surface area (Å²) in [6.45, 7) is 1.89. The number of carboxylic acid groups (broad SMARTS) is 1. The van der Waals surface area contributed by atoms with Crippen LogP contribution in [0.25, 0.3) is 0 Å². The molecule has 0 aliphatic rings. The Kier molecular flexibility index (Phi) is 4.80. The highest BCUT2D eigenvalue weighted by Gasteiger charge is 2.13. The van der Waals surface area contributed by atoms with Crippen molar-refractivity contribution in [3.05, 3.63) is 62.0 Å². The Balaban J connectivity index is 2.33. The molecule has 6 heteroatoms. The predicted molar refractivity (Wildman–Crippen MR) is 87.9 cm³/mol. The number of amides is 1. The molecule has 0 saturated carbocycles. The Morgan fingerprint density at radius 3 is 2.38 bits per heavy atom. The molecule has 108 valence electrons. The molecular weight excluding hydrogens is 402 g/mol. The molecule has 0 unspecified atom stereocenters. The number of hydrogen-bond donors (Lipinski definition) is 2. The van der Waals surface area contributed by atoms with E-state index in [4.69, 9.17) is 5.11 Å². The van der Waals surface area contributed by atoms with Crippen LogP contribution >= 0.6 is 31.9 Å². The number of benzene rings is 2. The highest BCUT2D eigenvalue weighted by atomic mass is 79.9. The second-order valence-electron chi connectivity index (χ2n) is 4.44. The van der Waals surface area contributed by atoms with Crippen LogP contribution in [0.5, 0.6) is 0 Å². The fourth-order valence-electron chi connectivity index (χ4n) is 1.76. The molecule has 0 heterocycles. The van der Waals surface area contributed by atoms with Gasteiger partial charge in [-0.3, -0.25) is 4.79 Å². The molecule has 0 aliphatic heterocycles. The summed E-state index contributed by atoms with van der Waals surface area (Å²) in [6, 6.07) is 9.91. The average Bonchev–Trinajstić information content (AvgIpc) is 2.43. The maximum atomic E-state index is 12.3. The van der Waals surface area contributed by atoms with Crippen LogP contribution in [0.15, 0.2) is 45.3 Å². The smallest absolute Gasteiger partial charge is 0.335 e. The molecule has 2 N–H and O–H groups in total. The van der Waals surface area contributed by atoms with Crippen molar-refractivity contribution in [3.8, 4) is 0 Å². The number of aryl methyl sites for hydroxylation is 1. The Morgan fingerprint density at radius 1 is 1.05 bits per heavy atom. The van der Waals surface area contributed by atoms with Gasteiger partial charge in [-0.25, -0.2) is 4.79 Å². The molecule has 4 nitrogen and oxygen atoms in total. The predicted octanol–water partition coefficient (Wildman–Crippen LogP) is 4.47. The molecule has 0 radical (unpaired) electrons. The van der Waals surface area contributed by atoms with Crippen LogP contribution in [0, 0.1) is 6.92 Å². The van der Waals surface area contributed by atoms with Crippen molar-refractivity contribution >= 4 is 49.4 Å². The van der Waals surface area contributed by atoms with Gasteiger partial charge in [0.1, 0.15) is 0 Å². The lowest BCUT2D eigenvalue weighted by molar-refractivity contribution is 0.0696.